The number of fused-ring (bicyclic) bond motifs is 2. The maximum absolute atomic E-state index is 13.0. The third-order valence-corrected chi connectivity index (χ3v) is 6.28. The van der Waals surface area contributed by atoms with Gasteiger partial charge in [0, 0.05) is 16.6 Å². The summed E-state index contributed by atoms with van der Waals surface area (Å²) in [5, 5.41) is 3.39. The van der Waals surface area contributed by atoms with E-state index < -0.39 is 5.41 Å². The minimum absolute atomic E-state index is 0.132. The third-order valence-electron chi connectivity index (χ3n) is 5.79. The van der Waals surface area contributed by atoms with E-state index in [1.165, 1.54) is 19.3 Å². The summed E-state index contributed by atoms with van der Waals surface area (Å²) in [5.41, 5.74) is 6.71. The molecule has 0 aromatic heterocycles. The van der Waals surface area contributed by atoms with Gasteiger partial charge in [0.25, 0.3) is 0 Å². The van der Waals surface area contributed by atoms with Crippen LogP contribution in [0.3, 0.4) is 0 Å². The van der Waals surface area contributed by atoms with E-state index >= 15 is 0 Å². The van der Waals surface area contributed by atoms with Crippen LogP contribution in [-0.4, -0.2) is 18.0 Å². The second-order valence-corrected chi connectivity index (χ2v) is 8.73. The molecule has 0 spiro atoms. The average molecular weight is 379 g/mol. The normalized spacial score (nSPS) is 30.8. The van der Waals surface area contributed by atoms with Gasteiger partial charge in [-0.25, -0.2) is 0 Å². The molecule has 2 aliphatic carbocycles. The van der Waals surface area contributed by atoms with Gasteiger partial charge in [-0.1, -0.05) is 34.5 Å². The second-order valence-electron chi connectivity index (χ2n) is 7.82. The van der Waals surface area contributed by atoms with Crippen LogP contribution in [0.5, 0.6) is 0 Å². The van der Waals surface area contributed by atoms with E-state index in [1.54, 1.807) is 0 Å². The zero-order valence-electron chi connectivity index (χ0n) is 14.0. The topological polar surface area (TPSA) is 55.1 Å². The van der Waals surface area contributed by atoms with Crippen LogP contribution in [0.15, 0.2) is 28.7 Å². The largest absolute Gasteiger partial charge is 0.352 e. The quantitative estimate of drug-likeness (QED) is 0.841. The fourth-order valence-electron chi connectivity index (χ4n) is 4.36. The Labute approximate surface area is 147 Å². The number of carbonyl (C=O) groups excluding carboxylic acids is 1. The van der Waals surface area contributed by atoms with Crippen LogP contribution in [0.2, 0.25) is 0 Å². The SMILES string of the molecule is CC(C)(C(=O)NC1C2CCCC1CC(N)C2)c1cccc(Br)c1. The molecule has 2 aliphatic rings. The minimum Gasteiger partial charge on any atom is -0.352 e. The molecule has 4 heteroatoms. The summed E-state index contributed by atoms with van der Waals surface area (Å²) in [7, 11) is 0. The van der Waals surface area contributed by atoms with E-state index in [2.05, 4.69) is 21.2 Å². The number of carbonyl (C=O) groups is 1. The van der Waals surface area contributed by atoms with Crippen molar-refractivity contribution in [3.63, 3.8) is 0 Å². The number of amides is 1. The number of benzene rings is 1. The second kappa shape index (κ2) is 6.56. The Balaban J connectivity index is 1.75. The van der Waals surface area contributed by atoms with Gasteiger partial charge >= 0.3 is 0 Å². The molecular formula is C19H27BrN2O. The van der Waals surface area contributed by atoms with Gasteiger partial charge in [-0.2, -0.15) is 0 Å². The summed E-state index contributed by atoms with van der Waals surface area (Å²) in [6.45, 7) is 4.02. The molecule has 0 heterocycles. The molecule has 1 amide bonds. The van der Waals surface area contributed by atoms with E-state index in [9.17, 15) is 4.79 Å². The molecule has 3 nitrogen and oxygen atoms in total. The number of nitrogens with two attached hydrogens (primary N) is 1. The first-order valence-electron chi connectivity index (χ1n) is 8.70. The third kappa shape index (κ3) is 3.48. The zero-order chi connectivity index (χ0) is 16.6. The van der Waals surface area contributed by atoms with Gasteiger partial charge in [-0.15, -0.1) is 0 Å². The molecule has 126 valence electrons. The van der Waals surface area contributed by atoms with Crippen molar-refractivity contribution in [2.75, 3.05) is 0 Å². The van der Waals surface area contributed by atoms with Gasteiger partial charge in [-0.05, 0) is 69.1 Å². The van der Waals surface area contributed by atoms with Gasteiger partial charge in [0.2, 0.25) is 5.91 Å². The highest BCUT2D eigenvalue weighted by Crippen LogP contribution is 2.40. The first kappa shape index (κ1) is 17.0. The molecule has 0 aliphatic heterocycles. The summed E-state index contributed by atoms with van der Waals surface area (Å²) in [5.74, 6) is 1.24. The Bertz CT molecular complexity index is 572. The molecular weight excluding hydrogens is 352 g/mol. The molecule has 2 bridgehead atoms. The minimum atomic E-state index is -0.530. The lowest BCUT2D eigenvalue weighted by molar-refractivity contribution is -0.128. The Morgan fingerprint density at radius 3 is 2.52 bits per heavy atom. The van der Waals surface area contributed by atoms with Crippen LogP contribution >= 0.6 is 15.9 Å². The van der Waals surface area contributed by atoms with Crippen molar-refractivity contribution in [1.82, 2.24) is 5.32 Å². The van der Waals surface area contributed by atoms with Gasteiger partial charge in [0.1, 0.15) is 0 Å². The van der Waals surface area contributed by atoms with Crippen LogP contribution in [0.25, 0.3) is 0 Å². The fourth-order valence-corrected chi connectivity index (χ4v) is 4.76. The van der Waals surface area contributed by atoms with E-state index in [0.29, 0.717) is 23.9 Å². The van der Waals surface area contributed by atoms with Crippen molar-refractivity contribution < 1.29 is 4.79 Å². The summed E-state index contributed by atoms with van der Waals surface area (Å²) in [4.78, 5) is 13.0. The summed E-state index contributed by atoms with van der Waals surface area (Å²) in [6.07, 6.45) is 5.79. The lowest BCUT2D eigenvalue weighted by atomic mass is 9.66. The number of nitrogens with one attached hydrogen (secondary N) is 1. The number of hydrogen-bond donors (Lipinski definition) is 2. The van der Waals surface area contributed by atoms with E-state index in [-0.39, 0.29) is 5.91 Å². The Kier molecular flexibility index (Phi) is 4.84. The standard InChI is InChI=1S/C19H27BrN2O/c1-19(2,14-7-4-8-15(20)11-14)18(23)22-17-12-5-3-6-13(17)10-16(21)9-12/h4,7-8,11-13,16-17H,3,5-6,9-10,21H2,1-2H3,(H,22,23). The monoisotopic (exact) mass is 378 g/mol. The van der Waals surface area contributed by atoms with Gasteiger partial charge in [0.15, 0.2) is 0 Å². The first-order chi connectivity index (χ1) is 10.9. The van der Waals surface area contributed by atoms with E-state index in [0.717, 1.165) is 22.9 Å². The zero-order valence-corrected chi connectivity index (χ0v) is 15.6. The first-order valence-corrected chi connectivity index (χ1v) is 9.50. The fraction of sp³-hybridized carbons (Fsp3) is 0.632. The summed E-state index contributed by atoms with van der Waals surface area (Å²) >= 11 is 3.50. The van der Waals surface area contributed by atoms with Crippen LogP contribution in [0.4, 0.5) is 0 Å². The smallest absolute Gasteiger partial charge is 0.230 e. The number of halogens is 1. The van der Waals surface area contributed by atoms with Crippen LogP contribution in [-0.2, 0) is 10.2 Å². The highest BCUT2D eigenvalue weighted by molar-refractivity contribution is 9.10. The molecule has 3 rings (SSSR count). The van der Waals surface area contributed by atoms with Crippen LogP contribution in [0.1, 0.15) is 51.5 Å². The molecule has 2 saturated carbocycles. The summed E-state index contributed by atoms with van der Waals surface area (Å²) in [6, 6.07) is 8.67. The molecule has 0 saturated heterocycles. The van der Waals surface area contributed by atoms with Crippen molar-refractivity contribution in [3.8, 4) is 0 Å². The maximum Gasteiger partial charge on any atom is 0.230 e. The molecule has 2 atom stereocenters. The molecule has 0 radical (unpaired) electrons. The highest BCUT2D eigenvalue weighted by atomic mass is 79.9. The number of hydrogen-bond acceptors (Lipinski definition) is 2. The van der Waals surface area contributed by atoms with Gasteiger partial charge < -0.3 is 11.1 Å². The van der Waals surface area contributed by atoms with Crippen molar-refractivity contribution >= 4 is 21.8 Å². The Hall–Kier alpha value is -0.870. The van der Waals surface area contributed by atoms with E-state index in [4.69, 9.17) is 5.73 Å². The lowest BCUT2D eigenvalue weighted by Gasteiger charge is -2.46. The lowest BCUT2D eigenvalue weighted by Crippen LogP contribution is -2.56. The Morgan fingerprint density at radius 1 is 1.26 bits per heavy atom. The molecule has 2 unspecified atom stereocenters. The molecule has 2 fully saturated rings. The van der Waals surface area contributed by atoms with Crippen molar-refractivity contribution in [2.45, 2.75) is 63.5 Å². The Morgan fingerprint density at radius 2 is 1.91 bits per heavy atom. The van der Waals surface area contributed by atoms with Crippen molar-refractivity contribution in [1.29, 1.82) is 0 Å². The maximum atomic E-state index is 13.0. The van der Waals surface area contributed by atoms with Crippen LogP contribution < -0.4 is 11.1 Å². The predicted octanol–water partition coefficient (Wildman–Crippen LogP) is 3.75. The van der Waals surface area contributed by atoms with Gasteiger partial charge in [-0.3, -0.25) is 4.79 Å². The van der Waals surface area contributed by atoms with E-state index in [1.807, 2.05) is 38.1 Å². The summed E-state index contributed by atoms with van der Waals surface area (Å²) < 4.78 is 1.01. The van der Waals surface area contributed by atoms with Crippen molar-refractivity contribution in [3.05, 3.63) is 34.3 Å². The molecule has 1 aromatic carbocycles. The average Bonchev–Trinajstić information content (AvgIpc) is 2.48. The molecule has 1 aromatic rings. The molecule has 3 N–H and O–H groups in total. The van der Waals surface area contributed by atoms with Crippen molar-refractivity contribution in [2.24, 2.45) is 17.6 Å². The van der Waals surface area contributed by atoms with Gasteiger partial charge in [0.05, 0.1) is 5.41 Å². The number of rotatable bonds is 3. The predicted molar refractivity (Wildman–Crippen MR) is 97.1 cm³/mol. The molecule has 23 heavy (non-hydrogen) atoms. The highest BCUT2D eigenvalue weighted by Gasteiger charge is 2.42. The van der Waals surface area contributed by atoms with Crippen LogP contribution in [0, 0.1) is 11.8 Å².